The lowest BCUT2D eigenvalue weighted by molar-refractivity contribution is -0.122. The Balaban J connectivity index is 2.24. The van der Waals surface area contributed by atoms with Gasteiger partial charge in [0.1, 0.15) is 0 Å². The first-order valence-corrected chi connectivity index (χ1v) is 7.28. The zero-order valence-electron chi connectivity index (χ0n) is 12.1. The molecule has 1 rings (SSSR count). The topological polar surface area (TPSA) is 58.4 Å². The van der Waals surface area contributed by atoms with Crippen LogP contribution < -0.4 is 11.1 Å². The smallest absolute Gasteiger partial charge is 0.236 e. The van der Waals surface area contributed by atoms with Crippen LogP contribution in [0.5, 0.6) is 0 Å². The minimum Gasteiger partial charge on any atom is -0.353 e. The number of nitrogens with zero attached hydrogens (tertiary/aromatic N) is 1. The summed E-state index contributed by atoms with van der Waals surface area (Å²) in [6.45, 7) is 9.39. The van der Waals surface area contributed by atoms with Crippen molar-refractivity contribution < 1.29 is 4.79 Å². The van der Waals surface area contributed by atoms with Gasteiger partial charge in [0.2, 0.25) is 5.91 Å². The number of carbonyl (C=O) groups is 1. The molecular weight excluding hydrogens is 226 g/mol. The Morgan fingerprint density at radius 1 is 1.22 bits per heavy atom. The summed E-state index contributed by atoms with van der Waals surface area (Å²) < 4.78 is 0. The second kappa shape index (κ2) is 7.74. The number of piperidine rings is 1. The first-order chi connectivity index (χ1) is 8.50. The van der Waals surface area contributed by atoms with Crippen molar-refractivity contribution in [2.45, 2.75) is 58.5 Å². The Morgan fingerprint density at radius 2 is 1.83 bits per heavy atom. The fraction of sp³-hybridized carbons (Fsp3) is 0.929. The van der Waals surface area contributed by atoms with Gasteiger partial charge in [0.25, 0.3) is 0 Å². The van der Waals surface area contributed by atoms with Crippen molar-refractivity contribution in [3.8, 4) is 0 Å². The molecule has 0 radical (unpaired) electrons. The van der Waals surface area contributed by atoms with Crippen LogP contribution in [0.4, 0.5) is 0 Å². The third-order valence-corrected chi connectivity index (χ3v) is 3.65. The van der Waals surface area contributed by atoms with Gasteiger partial charge in [0.15, 0.2) is 0 Å². The molecule has 1 amide bonds. The molecule has 1 aliphatic heterocycles. The third kappa shape index (κ3) is 5.36. The monoisotopic (exact) mass is 255 g/mol. The highest BCUT2D eigenvalue weighted by molar-refractivity contribution is 5.81. The van der Waals surface area contributed by atoms with E-state index < -0.39 is 0 Å². The van der Waals surface area contributed by atoms with Gasteiger partial charge in [-0.05, 0) is 45.2 Å². The summed E-state index contributed by atoms with van der Waals surface area (Å²) >= 11 is 0. The van der Waals surface area contributed by atoms with Gasteiger partial charge in [0, 0.05) is 12.6 Å². The summed E-state index contributed by atoms with van der Waals surface area (Å²) in [5.41, 5.74) is 5.86. The molecule has 1 aliphatic rings. The summed E-state index contributed by atoms with van der Waals surface area (Å²) in [6, 6.07) is 0.0547. The molecule has 0 bridgehead atoms. The molecule has 1 unspecified atom stereocenters. The molecule has 1 heterocycles. The lowest BCUT2D eigenvalue weighted by Crippen LogP contribution is -2.48. The van der Waals surface area contributed by atoms with E-state index in [0.717, 1.165) is 19.5 Å². The zero-order chi connectivity index (χ0) is 13.5. The molecule has 4 heteroatoms. The van der Waals surface area contributed by atoms with Crippen LogP contribution in [0.3, 0.4) is 0 Å². The Hall–Kier alpha value is -0.610. The highest BCUT2D eigenvalue weighted by Crippen LogP contribution is 2.11. The summed E-state index contributed by atoms with van der Waals surface area (Å²) in [4.78, 5) is 14.3. The van der Waals surface area contributed by atoms with Gasteiger partial charge in [-0.25, -0.2) is 0 Å². The van der Waals surface area contributed by atoms with Crippen molar-refractivity contribution in [1.82, 2.24) is 10.2 Å². The van der Waals surface area contributed by atoms with E-state index in [2.05, 4.69) is 31.0 Å². The minimum atomic E-state index is -0.362. The van der Waals surface area contributed by atoms with Crippen molar-refractivity contribution in [2.75, 3.05) is 19.6 Å². The van der Waals surface area contributed by atoms with E-state index in [1.165, 1.54) is 19.3 Å². The van der Waals surface area contributed by atoms with Crippen LogP contribution in [0.2, 0.25) is 0 Å². The van der Waals surface area contributed by atoms with Gasteiger partial charge in [0.05, 0.1) is 6.04 Å². The number of hydrogen-bond donors (Lipinski definition) is 2. The molecule has 0 saturated carbocycles. The molecule has 18 heavy (non-hydrogen) atoms. The first kappa shape index (κ1) is 15.4. The number of nitrogens with two attached hydrogens (primary N) is 1. The highest BCUT2D eigenvalue weighted by Gasteiger charge is 2.19. The first-order valence-electron chi connectivity index (χ1n) is 7.28. The summed E-state index contributed by atoms with van der Waals surface area (Å²) in [5.74, 6) is 0.456. The van der Waals surface area contributed by atoms with Crippen LogP contribution in [-0.2, 0) is 4.79 Å². The van der Waals surface area contributed by atoms with Crippen molar-refractivity contribution in [2.24, 2.45) is 11.7 Å². The summed E-state index contributed by atoms with van der Waals surface area (Å²) in [6.07, 6.45) is 4.66. The second-order valence-corrected chi connectivity index (χ2v) is 5.93. The van der Waals surface area contributed by atoms with Gasteiger partial charge in [-0.15, -0.1) is 0 Å². The Kier molecular flexibility index (Phi) is 6.65. The van der Waals surface area contributed by atoms with Crippen LogP contribution in [0.1, 0.15) is 46.5 Å². The Morgan fingerprint density at radius 3 is 2.39 bits per heavy atom. The molecule has 0 aromatic rings. The zero-order valence-corrected chi connectivity index (χ0v) is 12.1. The maximum atomic E-state index is 11.8. The highest BCUT2D eigenvalue weighted by atomic mass is 16.2. The summed E-state index contributed by atoms with van der Waals surface area (Å²) in [5, 5.41) is 2.98. The quantitative estimate of drug-likeness (QED) is 0.753. The maximum absolute atomic E-state index is 11.8. The van der Waals surface area contributed by atoms with E-state index in [1.54, 1.807) is 0 Å². The molecule has 0 aliphatic carbocycles. The molecule has 3 N–H and O–H groups in total. The molecule has 2 atom stereocenters. The number of nitrogens with one attached hydrogen (secondary N) is 1. The average Bonchev–Trinajstić information content (AvgIpc) is 2.35. The van der Waals surface area contributed by atoms with E-state index in [1.807, 2.05) is 0 Å². The SMILES string of the molecule is CC(C)C[C@@H](N)C(=O)NCC(C)N1CCCCC1. The lowest BCUT2D eigenvalue weighted by Gasteiger charge is -2.32. The molecule has 0 spiro atoms. The van der Waals surface area contributed by atoms with E-state index in [4.69, 9.17) is 5.73 Å². The van der Waals surface area contributed by atoms with Crippen LogP contribution in [0.15, 0.2) is 0 Å². The number of carbonyl (C=O) groups excluding carboxylic acids is 1. The minimum absolute atomic E-state index is 0.00689. The molecule has 1 fully saturated rings. The lowest BCUT2D eigenvalue weighted by atomic mass is 10.0. The van der Waals surface area contributed by atoms with Crippen molar-refractivity contribution >= 4 is 5.91 Å². The Labute approximate surface area is 111 Å². The number of hydrogen-bond acceptors (Lipinski definition) is 3. The van der Waals surface area contributed by atoms with Crippen LogP contribution in [0.25, 0.3) is 0 Å². The number of rotatable bonds is 6. The number of likely N-dealkylation sites (tertiary alicyclic amines) is 1. The normalized spacial score (nSPS) is 20.7. The van der Waals surface area contributed by atoms with Gasteiger partial charge in [-0.3, -0.25) is 9.69 Å². The third-order valence-electron chi connectivity index (χ3n) is 3.65. The second-order valence-electron chi connectivity index (χ2n) is 5.93. The van der Waals surface area contributed by atoms with Crippen molar-refractivity contribution in [3.05, 3.63) is 0 Å². The summed E-state index contributed by atoms with van der Waals surface area (Å²) in [7, 11) is 0. The van der Waals surface area contributed by atoms with Crippen LogP contribution in [0, 0.1) is 5.92 Å². The van der Waals surface area contributed by atoms with Crippen molar-refractivity contribution in [1.29, 1.82) is 0 Å². The molecule has 4 nitrogen and oxygen atoms in total. The predicted octanol–water partition coefficient (Wildman–Crippen LogP) is 1.35. The predicted molar refractivity (Wildman–Crippen MR) is 75.3 cm³/mol. The van der Waals surface area contributed by atoms with E-state index in [9.17, 15) is 4.79 Å². The molecule has 0 aromatic heterocycles. The van der Waals surface area contributed by atoms with Gasteiger partial charge < -0.3 is 11.1 Å². The fourth-order valence-electron chi connectivity index (χ4n) is 2.48. The van der Waals surface area contributed by atoms with E-state index >= 15 is 0 Å². The Bertz CT molecular complexity index is 249. The van der Waals surface area contributed by atoms with Crippen LogP contribution in [-0.4, -0.2) is 42.5 Å². The van der Waals surface area contributed by atoms with Crippen LogP contribution >= 0.6 is 0 Å². The van der Waals surface area contributed by atoms with E-state index in [-0.39, 0.29) is 11.9 Å². The average molecular weight is 255 g/mol. The van der Waals surface area contributed by atoms with Gasteiger partial charge in [-0.2, -0.15) is 0 Å². The fourth-order valence-corrected chi connectivity index (χ4v) is 2.48. The van der Waals surface area contributed by atoms with Gasteiger partial charge >= 0.3 is 0 Å². The van der Waals surface area contributed by atoms with Crippen molar-refractivity contribution in [3.63, 3.8) is 0 Å². The molecule has 1 saturated heterocycles. The maximum Gasteiger partial charge on any atom is 0.236 e. The molecular formula is C14H29N3O. The van der Waals surface area contributed by atoms with E-state index in [0.29, 0.717) is 18.5 Å². The largest absolute Gasteiger partial charge is 0.353 e. The molecule has 0 aromatic carbocycles. The standard InChI is InChI=1S/C14H29N3O/c1-11(2)9-13(15)14(18)16-10-12(3)17-7-5-4-6-8-17/h11-13H,4-10,15H2,1-3H3,(H,16,18)/t12?,13-/m1/s1. The molecule has 106 valence electrons. The number of amides is 1. The van der Waals surface area contributed by atoms with Gasteiger partial charge in [-0.1, -0.05) is 20.3 Å².